The van der Waals surface area contributed by atoms with Crippen LogP contribution in [0.2, 0.25) is 0 Å². The van der Waals surface area contributed by atoms with E-state index in [0.717, 1.165) is 0 Å². The van der Waals surface area contributed by atoms with Crippen molar-refractivity contribution < 1.29 is 22.7 Å². The van der Waals surface area contributed by atoms with E-state index in [1.54, 1.807) is 30.3 Å². The summed E-state index contributed by atoms with van der Waals surface area (Å²) in [6.07, 6.45) is -4.56. The number of benzene rings is 1. The van der Waals surface area contributed by atoms with Crippen molar-refractivity contribution in [2.24, 2.45) is 0 Å². The van der Waals surface area contributed by atoms with Crippen LogP contribution >= 0.6 is 15.9 Å². The molecule has 20 heavy (non-hydrogen) atoms. The molecule has 1 aromatic carbocycles. The van der Waals surface area contributed by atoms with E-state index in [0.29, 0.717) is 5.56 Å². The molecular weight excluding hydrogens is 339 g/mol. The summed E-state index contributed by atoms with van der Waals surface area (Å²) >= 11 is 2.76. The Labute approximate surface area is 123 Å². The monoisotopic (exact) mass is 353 g/mol. The summed E-state index contributed by atoms with van der Waals surface area (Å²) in [6, 6.07) is 6.63. The van der Waals surface area contributed by atoms with Crippen molar-refractivity contribution in [2.45, 2.75) is 30.5 Å². The first-order valence-corrected chi connectivity index (χ1v) is 6.92. The fourth-order valence-corrected chi connectivity index (χ4v) is 2.19. The molecule has 0 fully saturated rings. The summed E-state index contributed by atoms with van der Waals surface area (Å²) in [5, 5.41) is 2.34. The molecular formula is C13H15BrF3NO2. The van der Waals surface area contributed by atoms with Crippen LogP contribution in [-0.4, -0.2) is 29.6 Å². The van der Waals surface area contributed by atoms with Crippen molar-refractivity contribution in [3.63, 3.8) is 0 Å². The number of hydrogen-bond acceptors (Lipinski definition) is 3. The predicted octanol–water partition coefficient (Wildman–Crippen LogP) is 3.03. The third kappa shape index (κ3) is 5.13. The average Bonchev–Trinajstić information content (AvgIpc) is 2.38. The van der Waals surface area contributed by atoms with E-state index in [4.69, 9.17) is 0 Å². The lowest BCUT2D eigenvalue weighted by Crippen LogP contribution is -2.51. The van der Waals surface area contributed by atoms with Gasteiger partial charge in [0.2, 0.25) is 0 Å². The highest BCUT2D eigenvalue weighted by Crippen LogP contribution is 2.27. The van der Waals surface area contributed by atoms with E-state index < -0.39 is 23.0 Å². The quantitative estimate of drug-likeness (QED) is 0.631. The largest absolute Gasteiger partial charge is 0.465 e. The molecule has 7 heteroatoms. The standard InChI is InChI=1S/C13H15BrF3NO2/c1-2-20-12(19)10(14)11(13(15,16)17)18-8-9-6-4-3-5-7-9/h3-7,10-11,18H,2,8H2,1H3/t10-,11+/m0/s1. The molecule has 0 aliphatic rings. The first-order chi connectivity index (χ1) is 9.36. The second-order valence-electron chi connectivity index (χ2n) is 4.04. The highest BCUT2D eigenvalue weighted by Gasteiger charge is 2.46. The second-order valence-corrected chi connectivity index (χ2v) is 5.03. The smallest absolute Gasteiger partial charge is 0.405 e. The minimum absolute atomic E-state index is 0.00647. The molecule has 0 saturated carbocycles. The molecule has 0 aromatic heterocycles. The maximum Gasteiger partial charge on any atom is 0.405 e. The van der Waals surface area contributed by atoms with Gasteiger partial charge in [0.25, 0.3) is 0 Å². The first kappa shape index (κ1) is 17.0. The van der Waals surface area contributed by atoms with Gasteiger partial charge in [0.05, 0.1) is 6.61 Å². The normalized spacial score (nSPS) is 14.7. The Morgan fingerprint density at radius 1 is 1.35 bits per heavy atom. The lowest BCUT2D eigenvalue weighted by atomic mass is 10.1. The van der Waals surface area contributed by atoms with Gasteiger partial charge in [-0.25, -0.2) is 0 Å². The summed E-state index contributed by atoms with van der Waals surface area (Å²) in [5.74, 6) is -0.935. The topological polar surface area (TPSA) is 38.3 Å². The van der Waals surface area contributed by atoms with Crippen molar-refractivity contribution in [1.29, 1.82) is 0 Å². The maximum absolute atomic E-state index is 13.0. The van der Waals surface area contributed by atoms with Gasteiger partial charge in [0, 0.05) is 6.54 Å². The third-order valence-corrected chi connectivity index (χ3v) is 3.43. The van der Waals surface area contributed by atoms with Gasteiger partial charge in [-0.15, -0.1) is 0 Å². The van der Waals surface area contributed by atoms with Crippen molar-refractivity contribution in [1.82, 2.24) is 5.32 Å². The van der Waals surface area contributed by atoms with Crippen LogP contribution in [0.15, 0.2) is 30.3 Å². The molecule has 0 aliphatic carbocycles. The molecule has 0 aliphatic heterocycles. The Balaban J connectivity index is 2.73. The van der Waals surface area contributed by atoms with Gasteiger partial charge in [-0.1, -0.05) is 46.3 Å². The summed E-state index contributed by atoms with van der Waals surface area (Å²) in [7, 11) is 0. The van der Waals surface area contributed by atoms with Gasteiger partial charge < -0.3 is 10.1 Å². The molecule has 0 radical (unpaired) electrons. The van der Waals surface area contributed by atoms with Crippen LogP contribution in [0.1, 0.15) is 12.5 Å². The Bertz CT molecular complexity index is 425. The lowest BCUT2D eigenvalue weighted by Gasteiger charge is -2.25. The fraction of sp³-hybridized carbons (Fsp3) is 0.462. The van der Waals surface area contributed by atoms with E-state index in [9.17, 15) is 18.0 Å². The third-order valence-electron chi connectivity index (χ3n) is 2.53. The molecule has 3 nitrogen and oxygen atoms in total. The lowest BCUT2D eigenvalue weighted by molar-refractivity contribution is -0.167. The maximum atomic E-state index is 13.0. The number of esters is 1. The molecule has 0 bridgehead atoms. The Morgan fingerprint density at radius 3 is 2.45 bits per heavy atom. The average molecular weight is 354 g/mol. The minimum Gasteiger partial charge on any atom is -0.465 e. The number of hydrogen-bond donors (Lipinski definition) is 1. The molecule has 0 spiro atoms. The van der Waals surface area contributed by atoms with Gasteiger partial charge in [-0.3, -0.25) is 4.79 Å². The summed E-state index contributed by atoms with van der Waals surface area (Å²) in [5.41, 5.74) is 0.699. The van der Waals surface area contributed by atoms with E-state index in [2.05, 4.69) is 26.0 Å². The van der Waals surface area contributed by atoms with Crippen molar-refractivity contribution in [3.05, 3.63) is 35.9 Å². The molecule has 1 rings (SSSR count). The van der Waals surface area contributed by atoms with Gasteiger partial charge in [0.15, 0.2) is 0 Å². The van der Waals surface area contributed by atoms with Gasteiger partial charge in [0.1, 0.15) is 10.9 Å². The van der Waals surface area contributed by atoms with Crippen molar-refractivity contribution in [2.75, 3.05) is 6.61 Å². The Morgan fingerprint density at radius 2 is 1.95 bits per heavy atom. The molecule has 112 valence electrons. The van der Waals surface area contributed by atoms with E-state index in [1.807, 2.05) is 0 Å². The fourth-order valence-electron chi connectivity index (χ4n) is 1.57. The summed E-state index contributed by atoms with van der Waals surface area (Å²) in [4.78, 5) is 9.95. The van der Waals surface area contributed by atoms with Crippen molar-refractivity contribution in [3.8, 4) is 0 Å². The van der Waals surface area contributed by atoms with E-state index in [1.165, 1.54) is 6.92 Å². The molecule has 0 unspecified atom stereocenters. The van der Waals surface area contributed by atoms with E-state index >= 15 is 0 Å². The number of carbonyl (C=O) groups excluding carboxylic acids is 1. The van der Waals surface area contributed by atoms with Crippen LogP contribution in [0, 0.1) is 0 Å². The highest BCUT2D eigenvalue weighted by molar-refractivity contribution is 9.10. The van der Waals surface area contributed by atoms with Gasteiger partial charge in [-0.05, 0) is 12.5 Å². The number of rotatable bonds is 6. The molecule has 0 amide bonds. The highest BCUT2D eigenvalue weighted by atomic mass is 79.9. The number of nitrogens with one attached hydrogen (secondary N) is 1. The SMILES string of the molecule is CCOC(=O)[C@@H](Br)[C@@H](NCc1ccccc1)C(F)(F)F. The summed E-state index contributed by atoms with van der Waals surface area (Å²) < 4.78 is 43.5. The number of carbonyl (C=O) groups is 1. The van der Waals surface area contributed by atoms with Gasteiger partial charge in [-0.2, -0.15) is 13.2 Å². The predicted molar refractivity (Wildman–Crippen MR) is 72.5 cm³/mol. The number of alkyl halides is 4. The van der Waals surface area contributed by atoms with Gasteiger partial charge >= 0.3 is 12.1 Å². The molecule has 1 N–H and O–H groups in total. The Kier molecular flexibility index (Phi) is 6.48. The molecule has 2 atom stereocenters. The van der Waals surface area contributed by atoms with E-state index in [-0.39, 0.29) is 13.2 Å². The minimum atomic E-state index is -4.56. The number of ether oxygens (including phenoxy) is 1. The zero-order valence-corrected chi connectivity index (χ0v) is 12.4. The van der Waals surface area contributed by atoms with Crippen LogP contribution in [0.5, 0.6) is 0 Å². The summed E-state index contributed by atoms with van der Waals surface area (Å²) in [6.45, 7) is 1.58. The molecule has 0 saturated heterocycles. The van der Waals surface area contributed by atoms with Crippen LogP contribution in [0.4, 0.5) is 13.2 Å². The first-order valence-electron chi connectivity index (χ1n) is 6.01. The van der Waals surface area contributed by atoms with Crippen LogP contribution in [-0.2, 0) is 16.1 Å². The zero-order valence-electron chi connectivity index (χ0n) is 10.8. The second kappa shape index (κ2) is 7.64. The van der Waals surface area contributed by atoms with Crippen LogP contribution in [0.25, 0.3) is 0 Å². The molecule has 1 aromatic rings. The van der Waals surface area contributed by atoms with Crippen LogP contribution in [0.3, 0.4) is 0 Å². The zero-order chi connectivity index (χ0) is 15.2. The van der Waals surface area contributed by atoms with Crippen molar-refractivity contribution >= 4 is 21.9 Å². The van der Waals surface area contributed by atoms with Crippen LogP contribution < -0.4 is 5.32 Å². The molecule has 0 heterocycles. The Hall–Kier alpha value is -1.08. The number of halogens is 4.